The van der Waals surface area contributed by atoms with E-state index in [9.17, 15) is 10.2 Å². The number of phenolic OH excluding ortho intramolecular Hbond substituents is 2. The number of piperidine rings is 1. The number of phenols is 2. The third-order valence-electron chi connectivity index (χ3n) is 3.83. The number of hydrogen-bond donors (Lipinski definition) is 3. The van der Waals surface area contributed by atoms with Crippen LogP contribution in [0.3, 0.4) is 0 Å². The Morgan fingerprint density at radius 2 is 2.00 bits per heavy atom. The molecule has 0 spiro atoms. The predicted octanol–water partition coefficient (Wildman–Crippen LogP) is 2.19. The van der Waals surface area contributed by atoms with Crippen LogP contribution in [0.4, 0.5) is 0 Å². The summed E-state index contributed by atoms with van der Waals surface area (Å²) in [5.74, 6) is 1.50. The van der Waals surface area contributed by atoms with Gasteiger partial charge in [-0.2, -0.15) is 4.98 Å². The van der Waals surface area contributed by atoms with Gasteiger partial charge in [0.25, 0.3) is 5.89 Å². The number of benzene rings is 1. The van der Waals surface area contributed by atoms with Gasteiger partial charge in [-0.1, -0.05) is 11.2 Å². The number of nitrogens with zero attached hydrogens (tertiary/aromatic N) is 2. The van der Waals surface area contributed by atoms with E-state index in [-0.39, 0.29) is 11.5 Å². The van der Waals surface area contributed by atoms with Gasteiger partial charge in [0.05, 0.1) is 0 Å². The van der Waals surface area contributed by atoms with Crippen molar-refractivity contribution in [1.82, 2.24) is 15.5 Å². The van der Waals surface area contributed by atoms with Gasteiger partial charge in [-0.25, -0.2) is 0 Å². The maximum atomic E-state index is 9.44. The highest BCUT2D eigenvalue weighted by atomic mass is 16.5. The number of aromatic hydroxyl groups is 2. The summed E-state index contributed by atoms with van der Waals surface area (Å²) in [4.78, 5) is 4.36. The molecule has 1 aromatic carbocycles. The number of nitrogens with one attached hydrogen (secondary N) is 1. The van der Waals surface area contributed by atoms with Gasteiger partial charge in [0.2, 0.25) is 0 Å². The highest BCUT2D eigenvalue weighted by Crippen LogP contribution is 2.25. The minimum atomic E-state index is -0.153. The molecular formula is C16H19N3O3. The van der Waals surface area contributed by atoms with Gasteiger partial charge >= 0.3 is 0 Å². The van der Waals surface area contributed by atoms with Crippen molar-refractivity contribution in [3.05, 3.63) is 35.5 Å². The van der Waals surface area contributed by atoms with E-state index in [1.54, 1.807) is 18.2 Å². The average molecular weight is 301 g/mol. The quantitative estimate of drug-likeness (QED) is 0.750. The lowest BCUT2D eigenvalue weighted by Crippen LogP contribution is -2.28. The van der Waals surface area contributed by atoms with Gasteiger partial charge in [0.15, 0.2) is 17.3 Å². The van der Waals surface area contributed by atoms with Crippen LogP contribution in [0.25, 0.3) is 12.2 Å². The Labute approximate surface area is 128 Å². The third kappa shape index (κ3) is 3.65. The van der Waals surface area contributed by atoms with Crippen molar-refractivity contribution in [3.8, 4) is 11.5 Å². The second-order valence-corrected chi connectivity index (χ2v) is 5.53. The van der Waals surface area contributed by atoms with Crippen molar-refractivity contribution in [2.75, 3.05) is 13.1 Å². The molecule has 0 bridgehead atoms. The fourth-order valence-corrected chi connectivity index (χ4v) is 2.57. The lowest BCUT2D eigenvalue weighted by atomic mass is 9.94. The maximum Gasteiger partial charge on any atom is 0.250 e. The van der Waals surface area contributed by atoms with E-state index in [2.05, 4.69) is 15.5 Å². The van der Waals surface area contributed by atoms with E-state index >= 15 is 0 Å². The Balaban J connectivity index is 1.63. The second kappa shape index (κ2) is 6.62. The summed E-state index contributed by atoms with van der Waals surface area (Å²) >= 11 is 0. The first-order chi connectivity index (χ1) is 10.7. The normalized spacial score (nSPS) is 16.4. The summed E-state index contributed by atoms with van der Waals surface area (Å²) in [7, 11) is 0. The largest absolute Gasteiger partial charge is 0.504 e. The molecule has 0 atom stereocenters. The van der Waals surface area contributed by atoms with E-state index < -0.39 is 0 Å². The molecule has 3 rings (SSSR count). The van der Waals surface area contributed by atoms with Crippen LogP contribution in [0.15, 0.2) is 22.7 Å². The van der Waals surface area contributed by atoms with E-state index in [0.29, 0.717) is 11.8 Å². The minimum absolute atomic E-state index is 0.140. The Morgan fingerprint density at radius 1 is 1.18 bits per heavy atom. The van der Waals surface area contributed by atoms with Gasteiger partial charge in [0.1, 0.15) is 0 Å². The maximum absolute atomic E-state index is 9.44. The Kier molecular flexibility index (Phi) is 4.39. The molecule has 0 unspecified atom stereocenters. The molecule has 0 amide bonds. The topological polar surface area (TPSA) is 91.4 Å². The Hall–Kier alpha value is -2.34. The van der Waals surface area contributed by atoms with Gasteiger partial charge in [-0.05, 0) is 55.6 Å². The lowest BCUT2D eigenvalue weighted by Gasteiger charge is -2.20. The first-order valence-electron chi connectivity index (χ1n) is 7.44. The fourth-order valence-electron chi connectivity index (χ4n) is 2.57. The van der Waals surface area contributed by atoms with Gasteiger partial charge < -0.3 is 20.1 Å². The molecule has 1 aromatic heterocycles. The summed E-state index contributed by atoms with van der Waals surface area (Å²) in [6, 6.07) is 4.60. The highest BCUT2D eigenvalue weighted by molar-refractivity contribution is 5.67. The standard InChI is InChI=1S/C16H19N3O3/c20-13-3-1-11(9-14(13)21)2-4-16-18-15(19-22-16)10-12-5-7-17-8-6-12/h1-4,9,12,17,20-21H,5-8,10H2/b4-2+. The van der Waals surface area contributed by atoms with Crippen molar-refractivity contribution < 1.29 is 14.7 Å². The van der Waals surface area contributed by atoms with E-state index in [4.69, 9.17) is 4.52 Å². The van der Waals surface area contributed by atoms with Crippen molar-refractivity contribution in [2.24, 2.45) is 5.92 Å². The smallest absolute Gasteiger partial charge is 0.250 e. The molecule has 1 fully saturated rings. The van der Waals surface area contributed by atoms with Crippen LogP contribution in [0.1, 0.15) is 30.1 Å². The SMILES string of the molecule is Oc1ccc(/C=C/c2nc(CC3CCNCC3)no2)cc1O. The second-order valence-electron chi connectivity index (χ2n) is 5.53. The molecule has 0 radical (unpaired) electrons. The molecule has 1 aliphatic heterocycles. The van der Waals surface area contributed by atoms with Gasteiger partial charge in [-0.3, -0.25) is 0 Å². The van der Waals surface area contributed by atoms with Gasteiger partial charge in [0, 0.05) is 12.5 Å². The molecule has 1 saturated heterocycles. The average Bonchev–Trinajstić information content (AvgIpc) is 2.97. The van der Waals surface area contributed by atoms with Crippen molar-refractivity contribution in [2.45, 2.75) is 19.3 Å². The first-order valence-corrected chi connectivity index (χ1v) is 7.44. The van der Waals surface area contributed by atoms with Gasteiger partial charge in [-0.15, -0.1) is 0 Å². The fraction of sp³-hybridized carbons (Fsp3) is 0.375. The van der Waals surface area contributed by atoms with Crippen LogP contribution in [0, 0.1) is 5.92 Å². The molecular weight excluding hydrogens is 282 g/mol. The lowest BCUT2D eigenvalue weighted by molar-refractivity contribution is 0.354. The number of hydrogen-bond acceptors (Lipinski definition) is 6. The highest BCUT2D eigenvalue weighted by Gasteiger charge is 2.16. The van der Waals surface area contributed by atoms with Crippen LogP contribution in [0.5, 0.6) is 11.5 Å². The molecule has 116 valence electrons. The zero-order valence-electron chi connectivity index (χ0n) is 12.2. The van der Waals surface area contributed by atoms with Crippen LogP contribution >= 0.6 is 0 Å². The Morgan fingerprint density at radius 3 is 2.77 bits per heavy atom. The minimum Gasteiger partial charge on any atom is -0.504 e. The summed E-state index contributed by atoms with van der Waals surface area (Å²) < 4.78 is 5.21. The summed E-state index contributed by atoms with van der Waals surface area (Å²) in [5, 5.41) is 26.1. The zero-order valence-corrected chi connectivity index (χ0v) is 12.2. The summed E-state index contributed by atoms with van der Waals surface area (Å²) in [6.07, 6.45) is 6.59. The van der Waals surface area contributed by atoms with E-state index in [0.717, 1.165) is 43.7 Å². The monoisotopic (exact) mass is 301 g/mol. The van der Waals surface area contributed by atoms with Crippen LogP contribution in [-0.4, -0.2) is 33.4 Å². The molecule has 6 nitrogen and oxygen atoms in total. The third-order valence-corrected chi connectivity index (χ3v) is 3.83. The molecule has 0 aliphatic carbocycles. The molecule has 0 saturated carbocycles. The first kappa shape index (κ1) is 14.6. The van der Waals surface area contributed by atoms with E-state index in [1.807, 2.05) is 0 Å². The number of aromatic nitrogens is 2. The molecule has 22 heavy (non-hydrogen) atoms. The van der Waals surface area contributed by atoms with Crippen LogP contribution in [-0.2, 0) is 6.42 Å². The Bertz CT molecular complexity index is 660. The number of rotatable bonds is 4. The van der Waals surface area contributed by atoms with Crippen molar-refractivity contribution in [1.29, 1.82) is 0 Å². The van der Waals surface area contributed by atoms with Crippen molar-refractivity contribution >= 4 is 12.2 Å². The van der Waals surface area contributed by atoms with Crippen molar-refractivity contribution in [3.63, 3.8) is 0 Å². The molecule has 1 aliphatic rings. The summed E-state index contributed by atoms with van der Waals surface area (Å²) in [6.45, 7) is 2.11. The zero-order chi connectivity index (χ0) is 15.4. The predicted molar refractivity (Wildman–Crippen MR) is 82.3 cm³/mol. The molecule has 2 heterocycles. The van der Waals surface area contributed by atoms with Crippen LogP contribution in [0.2, 0.25) is 0 Å². The van der Waals surface area contributed by atoms with E-state index in [1.165, 1.54) is 12.1 Å². The molecule has 2 aromatic rings. The summed E-state index contributed by atoms with van der Waals surface area (Å²) in [5.41, 5.74) is 0.744. The molecule has 6 heteroatoms. The molecule has 3 N–H and O–H groups in total. The van der Waals surface area contributed by atoms with Crippen LogP contribution < -0.4 is 5.32 Å².